The molecule has 25 heavy (non-hydrogen) atoms. The van der Waals surface area contributed by atoms with Crippen molar-refractivity contribution in [2.24, 2.45) is 0 Å². The molecule has 0 aromatic heterocycles. The van der Waals surface area contributed by atoms with Gasteiger partial charge in [-0.25, -0.2) is 0 Å². The van der Waals surface area contributed by atoms with Crippen LogP contribution in [0.2, 0.25) is 0 Å². The Hall–Kier alpha value is -3.49. The largest absolute Gasteiger partial charge is 0.496 e. The second-order valence-electron chi connectivity index (χ2n) is 5.15. The zero-order valence-electron chi connectivity index (χ0n) is 13.5. The molecule has 2 aromatic carbocycles. The van der Waals surface area contributed by atoms with Crippen LogP contribution in [0.4, 0.5) is 11.4 Å². The Kier molecular flexibility index (Phi) is 5.28. The fourth-order valence-corrected chi connectivity index (χ4v) is 2.32. The average Bonchev–Trinajstić information content (AvgIpc) is 2.59. The number of carbonyl (C=O) groups is 1. The highest BCUT2D eigenvalue weighted by atomic mass is 16.6. The molecule has 2 rings (SSSR count). The lowest BCUT2D eigenvalue weighted by molar-refractivity contribution is -0.395. The molecule has 0 spiro atoms. The number of ether oxygens (including phenoxy) is 1. The number of carbonyl (C=O) groups excluding carboxylic acids is 1. The van der Waals surface area contributed by atoms with Crippen LogP contribution in [0.5, 0.6) is 5.75 Å². The predicted octanol–water partition coefficient (Wildman–Crippen LogP) is 2.75. The van der Waals surface area contributed by atoms with Crippen molar-refractivity contribution in [1.29, 1.82) is 0 Å². The molecule has 0 fully saturated rings. The molecule has 0 heterocycles. The van der Waals surface area contributed by atoms with E-state index in [1.54, 1.807) is 24.3 Å². The van der Waals surface area contributed by atoms with Gasteiger partial charge in [0, 0.05) is 24.2 Å². The van der Waals surface area contributed by atoms with Crippen molar-refractivity contribution in [3.8, 4) is 5.75 Å². The summed E-state index contributed by atoms with van der Waals surface area (Å²) in [4.78, 5) is 32.9. The number of amides is 1. The molecule has 1 N–H and O–H groups in total. The average molecular weight is 345 g/mol. The van der Waals surface area contributed by atoms with Crippen molar-refractivity contribution >= 4 is 17.3 Å². The minimum absolute atomic E-state index is 0.101. The van der Waals surface area contributed by atoms with Gasteiger partial charge < -0.3 is 10.1 Å². The molecule has 1 amide bonds. The molecule has 0 saturated heterocycles. The van der Waals surface area contributed by atoms with Gasteiger partial charge in [-0.15, -0.1) is 0 Å². The van der Waals surface area contributed by atoms with Crippen molar-refractivity contribution < 1.29 is 19.4 Å². The second kappa shape index (κ2) is 7.39. The summed E-state index contributed by atoms with van der Waals surface area (Å²) in [5.41, 5.74) is -0.502. The summed E-state index contributed by atoms with van der Waals surface area (Å²) in [5.74, 6) is -0.0826. The summed E-state index contributed by atoms with van der Waals surface area (Å²) in [6, 6.07) is 9.07. The minimum atomic E-state index is -0.751. The van der Waals surface area contributed by atoms with Crippen molar-refractivity contribution in [3.63, 3.8) is 0 Å². The molecule has 0 bridgehead atoms. The lowest BCUT2D eigenvalue weighted by Gasteiger charge is -2.10. The van der Waals surface area contributed by atoms with Crippen molar-refractivity contribution in [2.75, 3.05) is 7.11 Å². The predicted molar refractivity (Wildman–Crippen MR) is 88.7 cm³/mol. The van der Waals surface area contributed by atoms with Crippen LogP contribution in [0.3, 0.4) is 0 Å². The molecule has 0 aliphatic rings. The van der Waals surface area contributed by atoms with Gasteiger partial charge in [-0.1, -0.05) is 18.2 Å². The SMILES string of the molecule is COc1ccccc1CNC(=O)c1cc([N+](=O)[O-])c(C)c([N+](=O)[O-])c1. The molecule has 0 radical (unpaired) electrons. The van der Waals surface area contributed by atoms with E-state index in [0.717, 1.165) is 12.1 Å². The number of benzene rings is 2. The first-order valence-corrected chi connectivity index (χ1v) is 7.18. The number of methoxy groups -OCH3 is 1. The van der Waals surface area contributed by atoms with Gasteiger partial charge in [0.05, 0.1) is 22.5 Å². The van der Waals surface area contributed by atoms with E-state index in [0.29, 0.717) is 11.3 Å². The molecule has 0 unspecified atom stereocenters. The minimum Gasteiger partial charge on any atom is -0.496 e. The van der Waals surface area contributed by atoms with Gasteiger partial charge in [0.15, 0.2) is 0 Å². The van der Waals surface area contributed by atoms with Crippen LogP contribution in [0.1, 0.15) is 21.5 Å². The summed E-state index contributed by atoms with van der Waals surface area (Å²) in [5, 5.41) is 24.7. The van der Waals surface area contributed by atoms with Crippen LogP contribution in [-0.2, 0) is 6.54 Å². The number of para-hydroxylation sites is 1. The van der Waals surface area contributed by atoms with Crippen LogP contribution in [0, 0.1) is 27.2 Å². The smallest absolute Gasteiger partial charge is 0.279 e. The van der Waals surface area contributed by atoms with Crippen LogP contribution >= 0.6 is 0 Å². The zero-order valence-corrected chi connectivity index (χ0v) is 13.5. The van der Waals surface area contributed by atoms with Crippen LogP contribution in [-0.4, -0.2) is 22.9 Å². The van der Waals surface area contributed by atoms with E-state index in [9.17, 15) is 25.0 Å². The Morgan fingerprint density at radius 3 is 2.20 bits per heavy atom. The molecular weight excluding hydrogens is 330 g/mol. The van der Waals surface area contributed by atoms with E-state index in [-0.39, 0.29) is 17.7 Å². The Labute approximate surface area is 142 Å². The van der Waals surface area contributed by atoms with Crippen molar-refractivity contribution in [2.45, 2.75) is 13.5 Å². The van der Waals surface area contributed by atoms with E-state index >= 15 is 0 Å². The summed E-state index contributed by atoms with van der Waals surface area (Å²) >= 11 is 0. The Bertz CT molecular complexity index is 815. The Morgan fingerprint density at radius 1 is 1.12 bits per heavy atom. The first-order valence-electron chi connectivity index (χ1n) is 7.18. The maximum absolute atomic E-state index is 12.3. The molecule has 9 heteroatoms. The van der Waals surface area contributed by atoms with Crippen molar-refractivity contribution in [3.05, 3.63) is 73.3 Å². The number of hydrogen-bond acceptors (Lipinski definition) is 6. The monoisotopic (exact) mass is 345 g/mol. The third-order valence-corrected chi connectivity index (χ3v) is 3.64. The fraction of sp³-hybridized carbons (Fsp3) is 0.188. The Balaban J connectivity index is 2.30. The first kappa shape index (κ1) is 17.9. The quantitative estimate of drug-likeness (QED) is 0.634. The molecule has 0 atom stereocenters. The van der Waals surface area contributed by atoms with E-state index in [2.05, 4.69) is 5.32 Å². The first-order chi connectivity index (χ1) is 11.8. The van der Waals surface area contributed by atoms with E-state index in [4.69, 9.17) is 4.74 Å². The second-order valence-corrected chi connectivity index (χ2v) is 5.15. The van der Waals surface area contributed by atoms with Gasteiger partial charge in [0.1, 0.15) is 11.3 Å². The van der Waals surface area contributed by atoms with E-state index in [1.165, 1.54) is 14.0 Å². The van der Waals surface area contributed by atoms with Crippen LogP contribution in [0.15, 0.2) is 36.4 Å². The molecule has 0 aliphatic carbocycles. The van der Waals surface area contributed by atoms with Gasteiger partial charge in [0.2, 0.25) is 0 Å². The zero-order chi connectivity index (χ0) is 18.6. The molecule has 9 nitrogen and oxygen atoms in total. The normalized spacial score (nSPS) is 10.2. The number of nitrogens with zero attached hydrogens (tertiary/aromatic N) is 2. The lowest BCUT2D eigenvalue weighted by atomic mass is 10.1. The summed E-state index contributed by atoms with van der Waals surface area (Å²) in [6.07, 6.45) is 0. The highest BCUT2D eigenvalue weighted by Gasteiger charge is 2.25. The lowest BCUT2D eigenvalue weighted by Crippen LogP contribution is -2.23. The molecular formula is C16H15N3O6. The standard InChI is InChI=1S/C16H15N3O6/c1-10-13(18(21)22)7-12(8-14(10)19(23)24)16(20)17-9-11-5-3-4-6-15(11)25-2/h3-8H,9H2,1-2H3,(H,17,20). The number of hydrogen-bond donors (Lipinski definition) is 1. The van der Waals surface area contributed by atoms with Gasteiger partial charge in [-0.2, -0.15) is 0 Å². The van der Waals surface area contributed by atoms with Gasteiger partial charge in [0.25, 0.3) is 17.3 Å². The summed E-state index contributed by atoms with van der Waals surface area (Å²) < 4.78 is 5.17. The number of nitrogens with one attached hydrogen (secondary N) is 1. The molecule has 130 valence electrons. The molecule has 2 aromatic rings. The van der Waals surface area contributed by atoms with Gasteiger partial charge in [-0.05, 0) is 13.0 Å². The van der Waals surface area contributed by atoms with Crippen LogP contribution < -0.4 is 10.1 Å². The number of nitro benzene ring substituents is 2. The van der Waals surface area contributed by atoms with E-state index in [1.807, 2.05) is 0 Å². The third-order valence-electron chi connectivity index (χ3n) is 3.64. The maximum Gasteiger partial charge on any atom is 0.279 e. The highest BCUT2D eigenvalue weighted by Crippen LogP contribution is 2.29. The number of nitro groups is 2. The maximum atomic E-state index is 12.3. The van der Waals surface area contributed by atoms with E-state index < -0.39 is 27.1 Å². The van der Waals surface area contributed by atoms with Gasteiger partial charge in [-0.3, -0.25) is 25.0 Å². The summed E-state index contributed by atoms with van der Waals surface area (Å²) in [7, 11) is 1.49. The molecule has 0 aliphatic heterocycles. The topological polar surface area (TPSA) is 125 Å². The van der Waals surface area contributed by atoms with Crippen molar-refractivity contribution in [1.82, 2.24) is 5.32 Å². The van der Waals surface area contributed by atoms with Crippen LogP contribution in [0.25, 0.3) is 0 Å². The fourth-order valence-electron chi connectivity index (χ4n) is 2.32. The summed E-state index contributed by atoms with van der Waals surface area (Å²) in [6.45, 7) is 1.38. The molecule has 0 saturated carbocycles. The van der Waals surface area contributed by atoms with Gasteiger partial charge >= 0.3 is 0 Å². The number of rotatable bonds is 6. The Morgan fingerprint density at radius 2 is 1.68 bits per heavy atom. The highest BCUT2D eigenvalue weighted by molar-refractivity contribution is 5.96. The third kappa shape index (κ3) is 3.89.